The maximum absolute atomic E-state index is 12.0. The van der Waals surface area contributed by atoms with Gasteiger partial charge < -0.3 is 5.32 Å². The maximum Gasteiger partial charge on any atom is 0.271 e. The van der Waals surface area contributed by atoms with E-state index in [0.29, 0.717) is 33.3 Å². The van der Waals surface area contributed by atoms with Crippen LogP contribution in [0, 0.1) is 0 Å². The number of benzene rings is 2. The number of anilines is 1. The van der Waals surface area contributed by atoms with E-state index in [-0.39, 0.29) is 11.8 Å². The normalized spacial score (nSPS) is 10.6. The fraction of sp³-hybridized carbons (Fsp3) is 0.118. The first-order chi connectivity index (χ1) is 11.5. The highest BCUT2D eigenvalue weighted by molar-refractivity contribution is 6.43. The van der Waals surface area contributed by atoms with Gasteiger partial charge in [0.25, 0.3) is 5.91 Å². The van der Waals surface area contributed by atoms with Crippen molar-refractivity contribution in [2.75, 3.05) is 5.32 Å². The van der Waals surface area contributed by atoms with E-state index in [9.17, 15) is 9.59 Å². The first kappa shape index (κ1) is 18.0. The SMILES string of the molecule is CCC(=O)Nc1ccc(C(=O)N/N=C\c2cccc(Cl)c2Cl)cc1. The lowest BCUT2D eigenvalue weighted by molar-refractivity contribution is -0.115. The summed E-state index contributed by atoms with van der Waals surface area (Å²) in [6.45, 7) is 1.77. The lowest BCUT2D eigenvalue weighted by Gasteiger charge is -2.05. The lowest BCUT2D eigenvalue weighted by atomic mass is 10.2. The van der Waals surface area contributed by atoms with Crippen molar-refractivity contribution in [3.63, 3.8) is 0 Å². The van der Waals surface area contributed by atoms with Gasteiger partial charge in [0.05, 0.1) is 16.3 Å². The smallest absolute Gasteiger partial charge is 0.271 e. The van der Waals surface area contributed by atoms with E-state index in [1.54, 1.807) is 49.4 Å². The van der Waals surface area contributed by atoms with Crippen LogP contribution in [0.5, 0.6) is 0 Å². The summed E-state index contributed by atoms with van der Waals surface area (Å²) < 4.78 is 0. The second-order valence-corrected chi connectivity index (χ2v) is 5.61. The number of hydrogen-bond acceptors (Lipinski definition) is 3. The fourth-order valence-corrected chi connectivity index (χ4v) is 2.16. The summed E-state index contributed by atoms with van der Waals surface area (Å²) in [5, 5.41) is 7.36. The molecule has 2 amide bonds. The number of amides is 2. The Morgan fingerprint density at radius 1 is 1.12 bits per heavy atom. The molecule has 7 heteroatoms. The molecule has 2 N–H and O–H groups in total. The highest BCUT2D eigenvalue weighted by Gasteiger charge is 2.06. The summed E-state index contributed by atoms with van der Waals surface area (Å²) >= 11 is 11.9. The fourth-order valence-electron chi connectivity index (χ4n) is 1.80. The minimum Gasteiger partial charge on any atom is -0.326 e. The van der Waals surface area contributed by atoms with Crippen LogP contribution in [0.25, 0.3) is 0 Å². The topological polar surface area (TPSA) is 70.6 Å². The van der Waals surface area contributed by atoms with Crippen LogP contribution in [0.4, 0.5) is 5.69 Å². The van der Waals surface area contributed by atoms with Crippen molar-refractivity contribution in [1.82, 2.24) is 5.43 Å². The van der Waals surface area contributed by atoms with E-state index >= 15 is 0 Å². The van der Waals surface area contributed by atoms with Crippen molar-refractivity contribution in [2.45, 2.75) is 13.3 Å². The number of nitrogens with zero attached hydrogens (tertiary/aromatic N) is 1. The summed E-state index contributed by atoms with van der Waals surface area (Å²) in [7, 11) is 0. The molecule has 2 aromatic carbocycles. The Labute approximate surface area is 149 Å². The van der Waals surface area contributed by atoms with Crippen molar-refractivity contribution >= 4 is 46.9 Å². The zero-order valence-corrected chi connectivity index (χ0v) is 14.4. The first-order valence-electron chi connectivity index (χ1n) is 7.18. The van der Waals surface area contributed by atoms with Gasteiger partial charge in [-0.2, -0.15) is 5.10 Å². The van der Waals surface area contributed by atoms with Crippen molar-refractivity contribution in [1.29, 1.82) is 0 Å². The second kappa shape index (κ2) is 8.47. The van der Waals surface area contributed by atoms with Crippen LogP contribution in [0.1, 0.15) is 29.3 Å². The molecule has 0 fully saturated rings. The molecule has 0 spiro atoms. The first-order valence-corrected chi connectivity index (χ1v) is 7.94. The van der Waals surface area contributed by atoms with Crippen molar-refractivity contribution < 1.29 is 9.59 Å². The standard InChI is InChI=1S/C17H15Cl2N3O2/c1-2-15(23)21-13-8-6-11(7-9-13)17(24)22-20-10-12-4-3-5-14(18)16(12)19/h3-10H,2H2,1H3,(H,21,23)(H,22,24)/b20-10-. The molecular formula is C17H15Cl2N3O2. The van der Waals surface area contributed by atoms with Gasteiger partial charge >= 0.3 is 0 Å². The van der Waals surface area contributed by atoms with E-state index in [1.807, 2.05) is 0 Å². The molecule has 0 heterocycles. The summed E-state index contributed by atoms with van der Waals surface area (Å²) in [6, 6.07) is 11.6. The molecule has 0 aromatic heterocycles. The number of carbonyl (C=O) groups excluding carboxylic acids is 2. The Morgan fingerprint density at radius 3 is 2.50 bits per heavy atom. The summed E-state index contributed by atoms with van der Waals surface area (Å²) in [4.78, 5) is 23.3. The molecule has 0 atom stereocenters. The highest BCUT2D eigenvalue weighted by atomic mass is 35.5. The van der Waals surface area contributed by atoms with Crippen molar-refractivity contribution in [2.24, 2.45) is 5.10 Å². The number of hydrogen-bond donors (Lipinski definition) is 2. The Morgan fingerprint density at radius 2 is 1.83 bits per heavy atom. The molecule has 5 nitrogen and oxygen atoms in total. The molecule has 0 bridgehead atoms. The van der Waals surface area contributed by atoms with Gasteiger partial charge in [-0.15, -0.1) is 0 Å². The van der Waals surface area contributed by atoms with Crippen LogP contribution in [0.2, 0.25) is 10.0 Å². The average molecular weight is 364 g/mol. The predicted octanol–water partition coefficient (Wildman–Crippen LogP) is 4.11. The zero-order chi connectivity index (χ0) is 17.5. The van der Waals surface area contributed by atoms with Gasteiger partial charge in [0.2, 0.25) is 5.91 Å². The number of hydrazone groups is 1. The lowest BCUT2D eigenvalue weighted by Crippen LogP contribution is -2.17. The summed E-state index contributed by atoms with van der Waals surface area (Å²) in [5.74, 6) is -0.465. The predicted molar refractivity (Wildman–Crippen MR) is 96.9 cm³/mol. The number of carbonyl (C=O) groups is 2. The molecule has 0 radical (unpaired) electrons. The Kier molecular flexibility index (Phi) is 6.35. The van der Waals surface area contributed by atoms with Crippen molar-refractivity contribution in [3.8, 4) is 0 Å². The third kappa shape index (κ3) is 4.81. The van der Waals surface area contributed by atoms with E-state index in [2.05, 4.69) is 15.8 Å². The van der Waals surface area contributed by atoms with Gasteiger partial charge in [-0.05, 0) is 30.3 Å². The van der Waals surface area contributed by atoms with Gasteiger partial charge in [-0.3, -0.25) is 9.59 Å². The highest BCUT2D eigenvalue weighted by Crippen LogP contribution is 2.24. The van der Waals surface area contributed by atoms with Gasteiger partial charge in [-0.25, -0.2) is 5.43 Å². The Balaban J connectivity index is 1.98. The number of nitrogens with one attached hydrogen (secondary N) is 2. The minimum atomic E-state index is -0.377. The van der Waals surface area contributed by atoms with Crippen LogP contribution >= 0.6 is 23.2 Å². The van der Waals surface area contributed by atoms with E-state index in [0.717, 1.165) is 0 Å². The van der Waals surface area contributed by atoms with Gasteiger partial charge in [0.15, 0.2) is 0 Å². The van der Waals surface area contributed by atoms with Crippen LogP contribution in [0.3, 0.4) is 0 Å². The number of rotatable bonds is 5. The van der Waals surface area contributed by atoms with Crippen LogP contribution < -0.4 is 10.7 Å². The molecule has 0 aliphatic heterocycles. The molecular weight excluding hydrogens is 349 g/mol. The van der Waals surface area contributed by atoms with Crippen LogP contribution in [-0.2, 0) is 4.79 Å². The third-order valence-electron chi connectivity index (χ3n) is 3.10. The molecule has 0 aliphatic rings. The molecule has 0 saturated carbocycles. The molecule has 2 aromatic rings. The Hall–Kier alpha value is -2.37. The van der Waals surface area contributed by atoms with Gasteiger partial charge in [0.1, 0.15) is 0 Å². The second-order valence-electron chi connectivity index (χ2n) is 4.82. The largest absolute Gasteiger partial charge is 0.326 e. The number of halogens is 2. The summed E-state index contributed by atoms with van der Waals surface area (Å²) in [6.07, 6.45) is 1.81. The quantitative estimate of drug-likeness (QED) is 0.619. The van der Waals surface area contributed by atoms with Crippen LogP contribution in [0.15, 0.2) is 47.6 Å². The molecule has 0 saturated heterocycles. The molecule has 2 rings (SSSR count). The minimum absolute atomic E-state index is 0.0878. The molecule has 124 valence electrons. The maximum atomic E-state index is 12.0. The third-order valence-corrected chi connectivity index (χ3v) is 3.94. The monoisotopic (exact) mass is 363 g/mol. The van der Waals surface area contributed by atoms with Gasteiger partial charge in [-0.1, -0.05) is 42.3 Å². The van der Waals surface area contributed by atoms with Crippen LogP contribution in [-0.4, -0.2) is 18.0 Å². The summed E-state index contributed by atoms with van der Waals surface area (Å²) in [5.41, 5.74) is 4.05. The van der Waals surface area contributed by atoms with Crippen molar-refractivity contribution in [3.05, 3.63) is 63.6 Å². The zero-order valence-electron chi connectivity index (χ0n) is 12.8. The van der Waals surface area contributed by atoms with E-state index < -0.39 is 0 Å². The van der Waals surface area contributed by atoms with E-state index in [4.69, 9.17) is 23.2 Å². The molecule has 0 aliphatic carbocycles. The Bertz CT molecular complexity index is 774. The average Bonchev–Trinajstić information content (AvgIpc) is 2.59. The van der Waals surface area contributed by atoms with Gasteiger partial charge in [0, 0.05) is 23.2 Å². The molecule has 0 unspecified atom stereocenters. The van der Waals surface area contributed by atoms with E-state index in [1.165, 1.54) is 6.21 Å². The molecule has 24 heavy (non-hydrogen) atoms.